The van der Waals surface area contributed by atoms with E-state index < -0.39 is 0 Å². The highest BCUT2D eigenvalue weighted by Gasteiger charge is 2.20. The van der Waals surface area contributed by atoms with Crippen LogP contribution >= 0.6 is 11.6 Å². The van der Waals surface area contributed by atoms with Crippen molar-refractivity contribution in [3.05, 3.63) is 53.4 Å². The highest BCUT2D eigenvalue weighted by molar-refractivity contribution is 6.31. The summed E-state index contributed by atoms with van der Waals surface area (Å²) in [6.45, 7) is 3.33. The fourth-order valence-corrected chi connectivity index (χ4v) is 3.51. The Kier molecular flexibility index (Phi) is 4.55. The highest BCUT2D eigenvalue weighted by Crippen LogP contribution is 2.27. The van der Waals surface area contributed by atoms with Gasteiger partial charge in [-0.2, -0.15) is 5.26 Å². The van der Waals surface area contributed by atoms with Crippen molar-refractivity contribution in [3.8, 4) is 6.07 Å². The average molecular weight is 365 g/mol. The van der Waals surface area contributed by atoms with Crippen LogP contribution in [0.4, 0.5) is 11.6 Å². The maximum atomic E-state index is 9.34. The second kappa shape index (κ2) is 7.14. The molecule has 0 N–H and O–H groups in total. The third-order valence-corrected chi connectivity index (χ3v) is 4.81. The van der Waals surface area contributed by atoms with Crippen molar-refractivity contribution < 1.29 is 0 Å². The zero-order valence-electron chi connectivity index (χ0n) is 14.1. The number of rotatable bonds is 2. The van der Waals surface area contributed by atoms with Crippen molar-refractivity contribution in [1.29, 1.82) is 5.26 Å². The van der Waals surface area contributed by atoms with Crippen LogP contribution in [0.3, 0.4) is 0 Å². The number of nitrogens with zero attached hydrogens (tertiary/aromatic N) is 6. The van der Waals surface area contributed by atoms with Crippen molar-refractivity contribution in [2.75, 3.05) is 36.0 Å². The summed E-state index contributed by atoms with van der Waals surface area (Å²) in [7, 11) is 0. The van der Waals surface area contributed by atoms with Crippen LogP contribution in [0.15, 0.2) is 42.9 Å². The standard InChI is InChI=1S/C19H17ClN6/c20-15-4-5-16-17(11-15)23-13-24-19(16)26-8-2-7-25(9-10-26)18-14(12-21)3-1-6-22-18/h1,3-6,11,13H,2,7-10H2. The Balaban J connectivity index is 1.61. The summed E-state index contributed by atoms with van der Waals surface area (Å²) in [5.74, 6) is 1.69. The van der Waals surface area contributed by atoms with Crippen molar-refractivity contribution in [2.45, 2.75) is 6.42 Å². The lowest BCUT2D eigenvalue weighted by Crippen LogP contribution is -2.32. The van der Waals surface area contributed by atoms with Gasteiger partial charge >= 0.3 is 0 Å². The van der Waals surface area contributed by atoms with Gasteiger partial charge in [-0.1, -0.05) is 11.6 Å². The summed E-state index contributed by atoms with van der Waals surface area (Å²) in [6, 6.07) is 11.5. The molecule has 3 heterocycles. The van der Waals surface area contributed by atoms with Gasteiger partial charge in [-0.15, -0.1) is 0 Å². The normalized spacial score (nSPS) is 14.9. The van der Waals surface area contributed by atoms with Crippen LogP contribution in [-0.2, 0) is 0 Å². The quantitative estimate of drug-likeness (QED) is 0.695. The van der Waals surface area contributed by atoms with Gasteiger partial charge in [0.15, 0.2) is 0 Å². The van der Waals surface area contributed by atoms with E-state index in [9.17, 15) is 5.26 Å². The lowest BCUT2D eigenvalue weighted by atomic mass is 10.2. The summed E-state index contributed by atoms with van der Waals surface area (Å²) in [6.07, 6.45) is 4.28. The zero-order valence-corrected chi connectivity index (χ0v) is 14.9. The third kappa shape index (κ3) is 3.14. The van der Waals surface area contributed by atoms with Crippen molar-refractivity contribution >= 4 is 34.1 Å². The molecule has 2 aromatic heterocycles. The number of hydrogen-bond donors (Lipinski definition) is 0. The smallest absolute Gasteiger partial charge is 0.146 e. The van der Waals surface area contributed by atoms with Gasteiger partial charge in [0, 0.05) is 42.8 Å². The van der Waals surface area contributed by atoms with Crippen LogP contribution in [0.25, 0.3) is 10.9 Å². The lowest BCUT2D eigenvalue weighted by Gasteiger charge is -2.24. The first-order valence-corrected chi connectivity index (χ1v) is 8.89. The van der Waals surface area contributed by atoms with E-state index in [2.05, 4.69) is 30.8 Å². The molecule has 0 spiro atoms. The van der Waals surface area contributed by atoms with Crippen LogP contribution in [0.2, 0.25) is 5.02 Å². The minimum atomic E-state index is 0.614. The minimum absolute atomic E-state index is 0.614. The van der Waals surface area contributed by atoms with Gasteiger partial charge in [-0.25, -0.2) is 15.0 Å². The molecule has 6 nitrogen and oxygen atoms in total. The Hall–Kier alpha value is -2.91. The lowest BCUT2D eigenvalue weighted by molar-refractivity contribution is 0.794. The molecule has 0 amide bonds. The van der Waals surface area contributed by atoms with E-state index in [1.165, 1.54) is 0 Å². The first-order chi connectivity index (χ1) is 12.8. The first-order valence-electron chi connectivity index (χ1n) is 8.51. The van der Waals surface area contributed by atoms with Crippen molar-refractivity contribution in [3.63, 3.8) is 0 Å². The Morgan fingerprint density at radius 1 is 0.962 bits per heavy atom. The molecular formula is C19H17ClN6. The van der Waals surface area contributed by atoms with E-state index >= 15 is 0 Å². The largest absolute Gasteiger partial charge is 0.354 e. The fraction of sp³-hybridized carbons (Fsp3) is 0.263. The molecule has 1 aliphatic rings. The van der Waals surface area contributed by atoms with Gasteiger partial charge in [0.1, 0.15) is 24.0 Å². The van der Waals surface area contributed by atoms with Crippen LogP contribution in [0.1, 0.15) is 12.0 Å². The van der Waals surface area contributed by atoms with Crippen LogP contribution in [0, 0.1) is 11.3 Å². The van der Waals surface area contributed by atoms with Crippen LogP contribution in [-0.4, -0.2) is 41.1 Å². The predicted molar refractivity (Wildman–Crippen MR) is 103 cm³/mol. The molecule has 26 heavy (non-hydrogen) atoms. The molecule has 130 valence electrons. The molecule has 0 unspecified atom stereocenters. The maximum absolute atomic E-state index is 9.34. The van der Waals surface area contributed by atoms with Crippen LogP contribution in [0.5, 0.6) is 0 Å². The number of nitriles is 1. The molecule has 3 aromatic rings. The first kappa shape index (κ1) is 16.6. The summed E-state index contributed by atoms with van der Waals surface area (Å²) in [5.41, 5.74) is 1.46. The number of hydrogen-bond acceptors (Lipinski definition) is 6. The van der Waals surface area contributed by atoms with E-state index in [4.69, 9.17) is 11.6 Å². The summed E-state index contributed by atoms with van der Waals surface area (Å²) in [4.78, 5) is 17.7. The van der Waals surface area contributed by atoms with Gasteiger partial charge in [0.05, 0.1) is 11.1 Å². The fourth-order valence-electron chi connectivity index (χ4n) is 3.35. The Morgan fingerprint density at radius 2 is 1.77 bits per heavy atom. The Bertz CT molecular complexity index is 983. The maximum Gasteiger partial charge on any atom is 0.146 e. The van der Waals surface area contributed by atoms with E-state index in [1.54, 1.807) is 18.6 Å². The second-order valence-corrected chi connectivity index (χ2v) is 6.61. The predicted octanol–water partition coefficient (Wildman–Crippen LogP) is 3.27. The molecule has 1 aliphatic heterocycles. The molecule has 0 radical (unpaired) electrons. The number of aromatic nitrogens is 3. The van der Waals surface area contributed by atoms with E-state index in [-0.39, 0.29) is 0 Å². The van der Waals surface area contributed by atoms with Gasteiger partial charge in [-0.3, -0.25) is 0 Å². The molecule has 0 atom stereocenters. The number of anilines is 2. The molecule has 7 heteroatoms. The number of fused-ring (bicyclic) bond motifs is 1. The van der Waals surface area contributed by atoms with E-state index in [0.717, 1.165) is 55.1 Å². The van der Waals surface area contributed by atoms with Gasteiger partial charge < -0.3 is 9.80 Å². The monoisotopic (exact) mass is 364 g/mol. The molecule has 1 saturated heterocycles. The second-order valence-electron chi connectivity index (χ2n) is 6.17. The van der Waals surface area contributed by atoms with Crippen LogP contribution < -0.4 is 9.80 Å². The minimum Gasteiger partial charge on any atom is -0.354 e. The van der Waals surface area contributed by atoms with Crippen molar-refractivity contribution in [2.24, 2.45) is 0 Å². The van der Waals surface area contributed by atoms with E-state index in [1.807, 2.05) is 24.3 Å². The average Bonchev–Trinajstić information content (AvgIpc) is 2.93. The number of halogens is 1. The Labute approximate surface area is 156 Å². The Morgan fingerprint density at radius 3 is 2.58 bits per heavy atom. The summed E-state index contributed by atoms with van der Waals surface area (Å²) >= 11 is 6.08. The molecule has 1 fully saturated rings. The summed E-state index contributed by atoms with van der Waals surface area (Å²) in [5, 5.41) is 11.0. The molecule has 4 rings (SSSR count). The van der Waals surface area contributed by atoms with Gasteiger partial charge in [0.2, 0.25) is 0 Å². The zero-order chi connectivity index (χ0) is 17.9. The SMILES string of the molecule is N#Cc1cccnc1N1CCCN(c2ncnc3cc(Cl)ccc23)CC1. The molecule has 0 bridgehead atoms. The molecular weight excluding hydrogens is 348 g/mol. The molecule has 1 aromatic carbocycles. The highest BCUT2D eigenvalue weighted by atomic mass is 35.5. The number of pyridine rings is 1. The van der Waals surface area contributed by atoms with Gasteiger partial charge in [-0.05, 0) is 36.8 Å². The molecule has 0 aliphatic carbocycles. The van der Waals surface area contributed by atoms with E-state index in [0.29, 0.717) is 10.6 Å². The third-order valence-electron chi connectivity index (χ3n) is 4.58. The summed E-state index contributed by atoms with van der Waals surface area (Å²) < 4.78 is 0. The molecule has 0 saturated carbocycles. The topological polar surface area (TPSA) is 68.9 Å². The van der Waals surface area contributed by atoms with Gasteiger partial charge in [0.25, 0.3) is 0 Å². The van der Waals surface area contributed by atoms with Crippen molar-refractivity contribution in [1.82, 2.24) is 15.0 Å². The number of benzene rings is 1.